The first-order valence-electron chi connectivity index (χ1n) is 9.10. The van der Waals surface area contributed by atoms with Crippen LogP contribution in [0.25, 0.3) is 0 Å². The molecule has 0 unspecified atom stereocenters. The minimum absolute atomic E-state index is 0.0111. The van der Waals surface area contributed by atoms with Crippen LogP contribution in [-0.4, -0.2) is 34.4 Å². The number of aryl methyl sites for hydroxylation is 1. The average Bonchev–Trinajstić information content (AvgIpc) is 3.11. The Morgan fingerprint density at radius 1 is 1.17 bits per heavy atom. The van der Waals surface area contributed by atoms with Crippen LogP contribution in [0.1, 0.15) is 69.2 Å². The largest absolute Gasteiger partial charge is 0.348 e. The Morgan fingerprint density at radius 2 is 1.87 bits per heavy atom. The predicted octanol–water partition coefficient (Wildman–Crippen LogP) is 3.37. The van der Waals surface area contributed by atoms with E-state index in [9.17, 15) is 4.79 Å². The Balaban J connectivity index is 1.74. The molecule has 4 nitrogen and oxygen atoms in total. The molecule has 1 N–H and O–H groups in total. The van der Waals surface area contributed by atoms with Crippen molar-refractivity contribution in [3.8, 4) is 0 Å². The molecule has 1 amide bonds. The first-order valence-corrected chi connectivity index (χ1v) is 9.10. The summed E-state index contributed by atoms with van der Waals surface area (Å²) in [5, 5.41) is 3.28. The quantitative estimate of drug-likeness (QED) is 0.926. The van der Waals surface area contributed by atoms with E-state index in [4.69, 9.17) is 0 Å². The second-order valence-electron chi connectivity index (χ2n) is 7.21. The first kappa shape index (κ1) is 16.4. The van der Waals surface area contributed by atoms with Crippen molar-refractivity contribution in [2.45, 2.75) is 70.4 Å². The highest BCUT2D eigenvalue weighted by atomic mass is 16.2. The zero-order valence-electron chi connectivity index (χ0n) is 14.5. The highest BCUT2D eigenvalue weighted by Gasteiger charge is 2.45. The standard InChI is InChI=1S/C19H29N3O/c1-15-8-9-17(14-20-15)16(2)21-18(23)19(10-4-3-5-11-19)22-12-6-7-13-22/h8-9,14,16H,3-7,10-13H2,1-2H3,(H,21,23)/t16-/m1/s1. The van der Waals surface area contributed by atoms with E-state index >= 15 is 0 Å². The van der Waals surface area contributed by atoms with Crippen LogP contribution >= 0.6 is 0 Å². The third kappa shape index (κ3) is 3.42. The van der Waals surface area contributed by atoms with Crippen molar-refractivity contribution in [1.29, 1.82) is 0 Å². The summed E-state index contributed by atoms with van der Waals surface area (Å²) in [4.78, 5) is 20.0. The van der Waals surface area contributed by atoms with Gasteiger partial charge in [-0.3, -0.25) is 14.7 Å². The van der Waals surface area contributed by atoms with E-state index in [2.05, 4.69) is 28.2 Å². The minimum Gasteiger partial charge on any atom is -0.348 e. The molecule has 1 aromatic rings. The van der Waals surface area contributed by atoms with Crippen LogP contribution in [0.4, 0.5) is 0 Å². The zero-order valence-corrected chi connectivity index (χ0v) is 14.5. The summed E-state index contributed by atoms with van der Waals surface area (Å²) in [6.07, 6.45) is 9.97. The third-order valence-electron chi connectivity index (χ3n) is 5.60. The number of rotatable bonds is 4. The summed E-state index contributed by atoms with van der Waals surface area (Å²) < 4.78 is 0. The van der Waals surface area contributed by atoms with E-state index in [0.717, 1.165) is 37.2 Å². The fourth-order valence-corrected chi connectivity index (χ4v) is 4.12. The van der Waals surface area contributed by atoms with Crippen LogP contribution in [0.3, 0.4) is 0 Å². The lowest BCUT2D eigenvalue weighted by Crippen LogP contribution is -2.59. The number of pyridine rings is 1. The molecule has 1 aliphatic heterocycles. The van der Waals surface area contributed by atoms with Gasteiger partial charge in [0.15, 0.2) is 0 Å². The molecular weight excluding hydrogens is 286 g/mol. The fraction of sp³-hybridized carbons (Fsp3) is 0.684. The number of hydrogen-bond acceptors (Lipinski definition) is 3. The lowest BCUT2D eigenvalue weighted by Gasteiger charge is -2.43. The van der Waals surface area contributed by atoms with E-state index in [1.165, 1.54) is 32.1 Å². The molecule has 4 heteroatoms. The van der Waals surface area contributed by atoms with E-state index in [0.29, 0.717) is 0 Å². The first-order chi connectivity index (χ1) is 11.1. The molecule has 1 saturated heterocycles. The van der Waals surface area contributed by atoms with E-state index in [1.54, 1.807) is 0 Å². The van der Waals surface area contributed by atoms with Gasteiger partial charge < -0.3 is 5.32 Å². The summed E-state index contributed by atoms with van der Waals surface area (Å²) >= 11 is 0. The molecule has 0 spiro atoms. The smallest absolute Gasteiger partial charge is 0.240 e. The zero-order chi connectivity index (χ0) is 16.3. The van der Waals surface area contributed by atoms with Gasteiger partial charge >= 0.3 is 0 Å². The van der Waals surface area contributed by atoms with Gasteiger partial charge in [-0.15, -0.1) is 0 Å². The van der Waals surface area contributed by atoms with Gasteiger partial charge in [0.1, 0.15) is 5.54 Å². The molecule has 2 heterocycles. The Bertz CT molecular complexity index is 528. The molecule has 0 radical (unpaired) electrons. The number of amides is 1. The highest BCUT2D eigenvalue weighted by Crippen LogP contribution is 2.36. The van der Waals surface area contributed by atoms with Crippen molar-refractivity contribution in [1.82, 2.24) is 15.2 Å². The Morgan fingerprint density at radius 3 is 2.48 bits per heavy atom. The van der Waals surface area contributed by atoms with Crippen molar-refractivity contribution in [2.24, 2.45) is 0 Å². The molecule has 1 saturated carbocycles. The van der Waals surface area contributed by atoms with Crippen LogP contribution in [0.2, 0.25) is 0 Å². The number of aromatic nitrogens is 1. The Kier molecular flexibility index (Phi) is 5.00. The maximum Gasteiger partial charge on any atom is 0.240 e. The SMILES string of the molecule is Cc1ccc([C@@H](C)NC(=O)C2(N3CCCC3)CCCCC2)cn1. The van der Waals surface area contributed by atoms with E-state index in [1.807, 2.05) is 19.2 Å². The van der Waals surface area contributed by atoms with Gasteiger partial charge in [-0.05, 0) is 64.3 Å². The number of carbonyl (C=O) groups is 1. The molecule has 3 rings (SSSR count). The summed E-state index contributed by atoms with van der Waals surface area (Å²) in [7, 11) is 0. The monoisotopic (exact) mass is 315 g/mol. The predicted molar refractivity (Wildman–Crippen MR) is 92.2 cm³/mol. The maximum absolute atomic E-state index is 13.2. The topological polar surface area (TPSA) is 45.2 Å². The molecule has 0 aromatic carbocycles. The molecule has 0 bridgehead atoms. The molecule has 1 atom stereocenters. The minimum atomic E-state index is -0.263. The average molecular weight is 315 g/mol. The molecule has 2 fully saturated rings. The van der Waals surface area contributed by atoms with Gasteiger partial charge in [0, 0.05) is 11.9 Å². The second-order valence-corrected chi connectivity index (χ2v) is 7.21. The van der Waals surface area contributed by atoms with Gasteiger partial charge in [0.25, 0.3) is 0 Å². The van der Waals surface area contributed by atoms with Crippen molar-refractivity contribution in [2.75, 3.05) is 13.1 Å². The number of nitrogens with one attached hydrogen (secondary N) is 1. The number of carbonyl (C=O) groups excluding carboxylic acids is 1. The van der Waals surface area contributed by atoms with Gasteiger partial charge in [-0.25, -0.2) is 0 Å². The van der Waals surface area contributed by atoms with Gasteiger partial charge in [0.2, 0.25) is 5.91 Å². The lowest BCUT2D eigenvalue weighted by molar-refractivity contribution is -0.136. The maximum atomic E-state index is 13.2. The molecule has 1 aliphatic carbocycles. The molecule has 1 aromatic heterocycles. The van der Waals surface area contributed by atoms with Crippen LogP contribution in [-0.2, 0) is 4.79 Å². The van der Waals surface area contributed by atoms with Gasteiger partial charge in [0.05, 0.1) is 6.04 Å². The Hall–Kier alpha value is -1.42. The molecule has 2 aliphatic rings. The van der Waals surface area contributed by atoms with Crippen LogP contribution in [0.5, 0.6) is 0 Å². The van der Waals surface area contributed by atoms with Crippen molar-refractivity contribution in [3.63, 3.8) is 0 Å². The van der Waals surface area contributed by atoms with Crippen molar-refractivity contribution >= 4 is 5.91 Å². The second kappa shape index (κ2) is 7.00. The third-order valence-corrected chi connectivity index (χ3v) is 5.60. The molecular formula is C19H29N3O. The van der Waals surface area contributed by atoms with Crippen molar-refractivity contribution in [3.05, 3.63) is 29.6 Å². The Labute approximate surface area is 139 Å². The van der Waals surface area contributed by atoms with Crippen LogP contribution < -0.4 is 5.32 Å². The summed E-state index contributed by atoms with van der Waals surface area (Å²) in [5.41, 5.74) is 1.82. The summed E-state index contributed by atoms with van der Waals surface area (Å²) in [6, 6.07) is 4.09. The van der Waals surface area contributed by atoms with Crippen LogP contribution in [0, 0.1) is 6.92 Å². The fourth-order valence-electron chi connectivity index (χ4n) is 4.12. The number of nitrogens with zero attached hydrogens (tertiary/aromatic N) is 2. The molecule has 23 heavy (non-hydrogen) atoms. The van der Waals surface area contributed by atoms with Crippen molar-refractivity contribution < 1.29 is 4.79 Å². The lowest BCUT2D eigenvalue weighted by atomic mass is 9.79. The van der Waals surface area contributed by atoms with Crippen LogP contribution in [0.15, 0.2) is 18.3 Å². The number of likely N-dealkylation sites (tertiary alicyclic amines) is 1. The summed E-state index contributed by atoms with van der Waals surface area (Å²) in [5.74, 6) is 0.229. The highest BCUT2D eigenvalue weighted by molar-refractivity contribution is 5.86. The molecule has 126 valence electrons. The summed E-state index contributed by atoms with van der Waals surface area (Å²) in [6.45, 7) is 6.20. The number of hydrogen-bond donors (Lipinski definition) is 1. The van der Waals surface area contributed by atoms with E-state index in [-0.39, 0.29) is 17.5 Å². The van der Waals surface area contributed by atoms with Gasteiger partial charge in [-0.2, -0.15) is 0 Å². The van der Waals surface area contributed by atoms with Gasteiger partial charge in [-0.1, -0.05) is 25.3 Å². The normalized spacial score (nSPS) is 22.7. The van der Waals surface area contributed by atoms with E-state index < -0.39 is 0 Å².